The number of carbonyl (C=O) groups is 2. The van der Waals surface area contributed by atoms with Gasteiger partial charge in [0.1, 0.15) is 6.04 Å². The molecule has 1 atom stereocenters. The van der Waals surface area contributed by atoms with Gasteiger partial charge in [0.2, 0.25) is 11.8 Å². The normalized spacial score (nSPS) is 18.6. The van der Waals surface area contributed by atoms with Gasteiger partial charge in [0.25, 0.3) is 0 Å². The Labute approximate surface area is 165 Å². The summed E-state index contributed by atoms with van der Waals surface area (Å²) in [6.07, 6.45) is 6.21. The predicted octanol–water partition coefficient (Wildman–Crippen LogP) is 2.58. The second-order valence-corrected chi connectivity index (χ2v) is 7.95. The van der Waals surface area contributed by atoms with E-state index in [9.17, 15) is 9.59 Å². The molecule has 2 aromatic rings. The maximum atomic E-state index is 13.0. The number of amides is 2. The third-order valence-corrected chi connectivity index (χ3v) is 6.03. The highest BCUT2D eigenvalue weighted by molar-refractivity contribution is 5.92. The van der Waals surface area contributed by atoms with Gasteiger partial charge in [-0.05, 0) is 24.5 Å². The van der Waals surface area contributed by atoms with E-state index in [1.807, 2.05) is 29.3 Å². The number of rotatable bonds is 5. The molecule has 6 nitrogen and oxygen atoms in total. The van der Waals surface area contributed by atoms with Crippen molar-refractivity contribution in [2.24, 2.45) is 5.92 Å². The molecule has 4 rings (SSSR count). The molecule has 1 N–H and O–H groups in total. The number of aromatic nitrogens is 1. The minimum atomic E-state index is -0.379. The van der Waals surface area contributed by atoms with Crippen molar-refractivity contribution in [1.82, 2.24) is 15.2 Å². The number of pyridine rings is 1. The Morgan fingerprint density at radius 2 is 1.89 bits per heavy atom. The molecule has 2 heterocycles. The van der Waals surface area contributed by atoms with E-state index < -0.39 is 0 Å². The van der Waals surface area contributed by atoms with E-state index in [0.29, 0.717) is 19.0 Å². The molecule has 28 heavy (non-hydrogen) atoms. The van der Waals surface area contributed by atoms with E-state index in [2.05, 4.69) is 27.3 Å². The van der Waals surface area contributed by atoms with Crippen LogP contribution in [0.1, 0.15) is 32.6 Å². The molecule has 0 radical (unpaired) electrons. The molecule has 1 aromatic carbocycles. The minimum absolute atomic E-state index is 0.0707. The maximum absolute atomic E-state index is 13.0. The van der Waals surface area contributed by atoms with Gasteiger partial charge in [-0.3, -0.25) is 14.6 Å². The summed E-state index contributed by atoms with van der Waals surface area (Å²) in [5.41, 5.74) is 2.16. The van der Waals surface area contributed by atoms with Crippen LogP contribution in [-0.4, -0.2) is 53.9 Å². The van der Waals surface area contributed by atoms with E-state index >= 15 is 0 Å². The average Bonchev–Trinajstić information content (AvgIpc) is 2.68. The van der Waals surface area contributed by atoms with Crippen molar-refractivity contribution in [3.8, 4) is 0 Å². The summed E-state index contributed by atoms with van der Waals surface area (Å²) >= 11 is 0. The highest BCUT2D eigenvalue weighted by Gasteiger charge is 2.32. The van der Waals surface area contributed by atoms with E-state index in [1.54, 1.807) is 0 Å². The lowest BCUT2D eigenvalue weighted by atomic mass is 9.80. The first-order chi connectivity index (χ1) is 13.6. The smallest absolute Gasteiger partial charge is 0.245 e. The van der Waals surface area contributed by atoms with Crippen molar-refractivity contribution in [3.63, 3.8) is 0 Å². The SMILES string of the molecule is CC(=O)N[C@H](CC1CCC1)C(=O)N1CCN(c2ccnc3ccccc23)CC1. The number of nitrogens with zero attached hydrogens (tertiary/aromatic N) is 3. The summed E-state index contributed by atoms with van der Waals surface area (Å²) in [7, 11) is 0. The Balaban J connectivity index is 1.42. The van der Waals surface area contributed by atoms with Crippen LogP contribution in [0, 0.1) is 5.92 Å². The van der Waals surface area contributed by atoms with Crippen molar-refractivity contribution in [2.45, 2.75) is 38.6 Å². The van der Waals surface area contributed by atoms with Crippen LogP contribution in [0.4, 0.5) is 5.69 Å². The summed E-state index contributed by atoms with van der Waals surface area (Å²) in [6, 6.07) is 9.83. The molecule has 2 aliphatic rings. The molecule has 0 spiro atoms. The monoisotopic (exact) mass is 380 g/mol. The van der Waals surface area contributed by atoms with Gasteiger partial charge in [0.05, 0.1) is 5.52 Å². The highest BCUT2D eigenvalue weighted by atomic mass is 16.2. The molecular weight excluding hydrogens is 352 g/mol. The molecule has 0 bridgehead atoms. The summed E-state index contributed by atoms with van der Waals surface area (Å²) in [5, 5.41) is 4.04. The number of hydrogen-bond acceptors (Lipinski definition) is 4. The fraction of sp³-hybridized carbons (Fsp3) is 0.500. The second-order valence-electron chi connectivity index (χ2n) is 7.95. The van der Waals surface area contributed by atoms with Gasteiger partial charge in [-0.25, -0.2) is 0 Å². The first-order valence-electron chi connectivity index (χ1n) is 10.3. The van der Waals surface area contributed by atoms with E-state index in [1.165, 1.54) is 31.9 Å². The molecule has 0 unspecified atom stereocenters. The molecule has 2 fully saturated rings. The first-order valence-corrected chi connectivity index (χ1v) is 10.3. The maximum Gasteiger partial charge on any atom is 0.245 e. The standard InChI is InChI=1S/C22H28N4O2/c1-16(27)24-20(15-17-5-4-6-17)22(28)26-13-11-25(12-14-26)21-9-10-23-19-8-3-2-7-18(19)21/h2-3,7-10,17,20H,4-6,11-15H2,1H3,(H,24,27)/t20-/m1/s1. The number of carbonyl (C=O) groups excluding carboxylic acids is 2. The largest absolute Gasteiger partial charge is 0.367 e. The van der Waals surface area contributed by atoms with Crippen LogP contribution < -0.4 is 10.2 Å². The van der Waals surface area contributed by atoms with Crippen LogP contribution in [0.15, 0.2) is 36.5 Å². The van der Waals surface area contributed by atoms with Crippen LogP contribution in [0.5, 0.6) is 0 Å². The number of nitrogens with one attached hydrogen (secondary N) is 1. The highest BCUT2D eigenvalue weighted by Crippen LogP contribution is 2.31. The lowest BCUT2D eigenvalue weighted by Gasteiger charge is -2.39. The molecule has 1 saturated carbocycles. The molecule has 1 aliphatic carbocycles. The zero-order valence-electron chi connectivity index (χ0n) is 16.4. The van der Waals surface area contributed by atoms with Gasteiger partial charge in [-0.1, -0.05) is 37.5 Å². The summed E-state index contributed by atoms with van der Waals surface area (Å²) in [4.78, 5) is 33.3. The minimum Gasteiger partial charge on any atom is -0.367 e. The van der Waals surface area contributed by atoms with Crippen LogP contribution in [0.2, 0.25) is 0 Å². The van der Waals surface area contributed by atoms with Crippen molar-refractivity contribution in [3.05, 3.63) is 36.5 Å². The van der Waals surface area contributed by atoms with Crippen molar-refractivity contribution >= 4 is 28.4 Å². The first kappa shape index (κ1) is 18.7. The Bertz CT molecular complexity index is 851. The van der Waals surface area contributed by atoms with Gasteiger partial charge < -0.3 is 15.1 Å². The molecule has 1 aliphatic heterocycles. The van der Waals surface area contributed by atoms with Gasteiger partial charge in [-0.2, -0.15) is 0 Å². The van der Waals surface area contributed by atoms with Crippen molar-refractivity contribution < 1.29 is 9.59 Å². The zero-order valence-corrected chi connectivity index (χ0v) is 16.4. The Morgan fingerprint density at radius 1 is 1.14 bits per heavy atom. The van der Waals surface area contributed by atoms with Crippen LogP contribution in [0.25, 0.3) is 10.9 Å². The van der Waals surface area contributed by atoms with Crippen molar-refractivity contribution in [2.75, 3.05) is 31.1 Å². The van der Waals surface area contributed by atoms with Gasteiger partial charge in [-0.15, -0.1) is 0 Å². The number of piperazine rings is 1. The Morgan fingerprint density at radius 3 is 2.57 bits per heavy atom. The Kier molecular flexibility index (Phi) is 5.46. The molecule has 148 valence electrons. The fourth-order valence-corrected chi connectivity index (χ4v) is 4.27. The summed E-state index contributed by atoms with van der Waals surface area (Å²) in [5.74, 6) is 0.520. The summed E-state index contributed by atoms with van der Waals surface area (Å²) < 4.78 is 0. The lowest BCUT2D eigenvalue weighted by Crippen LogP contribution is -2.55. The fourth-order valence-electron chi connectivity index (χ4n) is 4.27. The van der Waals surface area contributed by atoms with Gasteiger partial charge in [0.15, 0.2) is 0 Å². The lowest BCUT2D eigenvalue weighted by molar-refractivity contribution is -0.137. The predicted molar refractivity (Wildman–Crippen MR) is 110 cm³/mol. The van der Waals surface area contributed by atoms with E-state index in [0.717, 1.165) is 30.4 Å². The third kappa shape index (κ3) is 3.96. The number of hydrogen-bond donors (Lipinski definition) is 1. The topological polar surface area (TPSA) is 65.5 Å². The van der Waals surface area contributed by atoms with Gasteiger partial charge >= 0.3 is 0 Å². The van der Waals surface area contributed by atoms with E-state index in [-0.39, 0.29) is 17.9 Å². The summed E-state index contributed by atoms with van der Waals surface area (Å²) in [6.45, 7) is 4.42. The number of para-hydroxylation sites is 1. The van der Waals surface area contributed by atoms with E-state index in [4.69, 9.17) is 0 Å². The average molecular weight is 380 g/mol. The second kappa shape index (κ2) is 8.17. The Hall–Kier alpha value is -2.63. The molecule has 2 amide bonds. The van der Waals surface area contributed by atoms with Crippen LogP contribution >= 0.6 is 0 Å². The molecule has 1 aromatic heterocycles. The third-order valence-electron chi connectivity index (χ3n) is 6.03. The molecule has 6 heteroatoms. The zero-order chi connectivity index (χ0) is 19.5. The van der Waals surface area contributed by atoms with Gasteiger partial charge in [0, 0.05) is 50.4 Å². The molecular formula is C22H28N4O2. The number of fused-ring (bicyclic) bond motifs is 1. The van der Waals surface area contributed by atoms with Crippen molar-refractivity contribution in [1.29, 1.82) is 0 Å². The van der Waals surface area contributed by atoms with Crippen LogP contribution in [-0.2, 0) is 9.59 Å². The van der Waals surface area contributed by atoms with Crippen LogP contribution in [0.3, 0.4) is 0 Å². The number of anilines is 1. The molecule has 1 saturated heterocycles. The number of benzene rings is 1. The quantitative estimate of drug-likeness (QED) is 0.866.